The maximum absolute atomic E-state index is 13.6. The molecule has 3 aromatic rings. The summed E-state index contributed by atoms with van der Waals surface area (Å²) in [7, 11) is 1.60. The fourth-order valence-electron chi connectivity index (χ4n) is 3.77. The maximum atomic E-state index is 13.6. The summed E-state index contributed by atoms with van der Waals surface area (Å²) in [5, 5.41) is 12.6. The maximum Gasteiger partial charge on any atom is 0.243 e. The van der Waals surface area contributed by atoms with Crippen molar-refractivity contribution in [3.05, 3.63) is 101 Å². The number of carbonyl (C=O) groups is 2. The third-order valence-corrected chi connectivity index (χ3v) is 5.94. The molecule has 0 aliphatic heterocycles. The summed E-state index contributed by atoms with van der Waals surface area (Å²) in [6.45, 7) is 0.582. The highest BCUT2D eigenvalue weighted by molar-refractivity contribution is 6.30. The van der Waals surface area contributed by atoms with Gasteiger partial charge in [-0.05, 0) is 47.4 Å². The van der Waals surface area contributed by atoms with Gasteiger partial charge in [0.2, 0.25) is 11.8 Å². The first kappa shape index (κ1) is 26.3. The number of carbonyl (C=O) groups excluding carboxylic acids is 2. The molecule has 7 heteroatoms. The third kappa shape index (κ3) is 8.12. The van der Waals surface area contributed by atoms with Gasteiger partial charge in [-0.3, -0.25) is 9.59 Å². The molecule has 0 saturated carbocycles. The minimum absolute atomic E-state index is 0.0192. The van der Waals surface area contributed by atoms with Crippen molar-refractivity contribution in [1.82, 2.24) is 10.2 Å². The normalized spacial score (nSPS) is 11.5. The molecule has 0 radical (unpaired) electrons. The van der Waals surface area contributed by atoms with E-state index in [1.165, 1.54) is 0 Å². The predicted octanol–water partition coefficient (Wildman–Crippen LogP) is 4.03. The number of rotatable bonds is 12. The standard InChI is InChI=1S/C28H31ClN2O4/c1-35-25-14-10-23(11-15-25)20-31(27(33)19-22-8-12-24(29)13-9-22)26(28(34)30-16-5-17-32)18-21-6-3-2-4-7-21/h2-4,6-15,26,32H,5,16-20H2,1H3,(H,30,34). The van der Waals surface area contributed by atoms with Gasteiger partial charge in [0.1, 0.15) is 11.8 Å². The van der Waals surface area contributed by atoms with Gasteiger partial charge in [-0.25, -0.2) is 0 Å². The number of nitrogens with one attached hydrogen (secondary N) is 1. The summed E-state index contributed by atoms with van der Waals surface area (Å²) in [4.78, 5) is 28.6. The molecule has 1 atom stereocenters. The molecular weight excluding hydrogens is 464 g/mol. The van der Waals surface area contributed by atoms with Gasteiger partial charge in [-0.1, -0.05) is 66.2 Å². The van der Waals surface area contributed by atoms with Crippen LogP contribution < -0.4 is 10.1 Å². The van der Waals surface area contributed by atoms with Crippen molar-refractivity contribution in [2.45, 2.75) is 31.8 Å². The van der Waals surface area contributed by atoms with Crippen LogP contribution in [0.15, 0.2) is 78.9 Å². The molecule has 3 rings (SSSR count). The summed E-state index contributed by atoms with van der Waals surface area (Å²) in [5.41, 5.74) is 2.66. The van der Waals surface area contributed by atoms with Gasteiger partial charge in [0.15, 0.2) is 0 Å². The number of amides is 2. The molecule has 3 aromatic carbocycles. The lowest BCUT2D eigenvalue weighted by Crippen LogP contribution is -2.51. The Kier molecular flexibility index (Phi) is 10.1. The molecule has 2 amide bonds. The Bertz CT molecular complexity index is 1070. The van der Waals surface area contributed by atoms with E-state index in [4.69, 9.17) is 21.4 Å². The molecule has 0 bridgehead atoms. The average Bonchev–Trinajstić information content (AvgIpc) is 2.88. The zero-order valence-corrected chi connectivity index (χ0v) is 20.6. The number of hydrogen-bond donors (Lipinski definition) is 2. The third-order valence-electron chi connectivity index (χ3n) is 5.69. The van der Waals surface area contributed by atoms with E-state index in [0.717, 1.165) is 22.4 Å². The van der Waals surface area contributed by atoms with Crippen LogP contribution in [-0.4, -0.2) is 48.1 Å². The molecule has 0 fully saturated rings. The highest BCUT2D eigenvalue weighted by atomic mass is 35.5. The molecule has 1 unspecified atom stereocenters. The highest BCUT2D eigenvalue weighted by Crippen LogP contribution is 2.19. The zero-order valence-electron chi connectivity index (χ0n) is 19.8. The minimum Gasteiger partial charge on any atom is -0.497 e. The largest absolute Gasteiger partial charge is 0.497 e. The van der Waals surface area contributed by atoms with Crippen LogP contribution in [0.1, 0.15) is 23.1 Å². The average molecular weight is 495 g/mol. The second-order valence-electron chi connectivity index (χ2n) is 8.25. The van der Waals surface area contributed by atoms with Crippen LogP contribution in [0.5, 0.6) is 5.75 Å². The molecule has 0 heterocycles. The van der Waals surface area contributed by atoms with Crippen LogP contribution in [0.2, 0.25) is 5.02 Å². The Morgan fingerprint density at radius 3 is 2.23 bits per heavy atom. The van der Waals surface area contributed by atoms with E-state index in [1.807, 2.05) is 66.7 Å². The fraction of sp³-hybridized carbons (Fsp3) is 0.286. The Balaban J connectivity index is 1.92. The van der Waals surface area contributed by atoms with E-state index in [0.29, 0.717) is 24.4 Å². The number of hydrogen-bond acceptors (Lipinski definition) is 4. The lowest BCUT2D eigenvalue weighted by atomic mass is 10.0. The summed E-state index contributed by atoms with van der Waals surface area (Å²) in [6, 6.07) is 23.5. The first-order valence-corrected chi connectivity index (χ1v) is 12.0. The van der Waals surface area contributed by atoms with Gasteiger partial charge >= 0.3 is 0 Å². The van der Waals surface area contributed by atoms with Crippen molar-refractivity contribution in [3.63, 3.8) is 0 Å². The molecule has 184 valence electrons. The van der Waals surface area contributed by atoms with Crippen LogP contribution in [0.4, 0.5) is 0 Å². The van der Waals surface area contributed by atoms with Gasteiger partial charge in [0, 0.05) is 31.1 Å². The smallest absolute Gasteiger partial charge is 0.243 e. The van der Waals surface area contributed by atoms with Gasteiger partial charge < -0.3 is 20.1 Å². The van der Waals surface area contributed by atoms with Crippen molar-refractivity contribution >= 4 is 23.4 Å². The van der Waals surface area contributed by atoms with Gasteiger partial charge in [-0.15, -0.1) is 0 Å². The van der Waals surface area contributed by atoms with Crippen molar-refractivity contribution in [3.8, 4) is 5.75 Å². The quantitative estimate of drug-likeness (QED) is 0.373. The van der Waals surface area contributed by atoms with Gasteiger partial charge in [-0.2, -0.15) is 0 Å². The molecular formula is C28H31ClN2O4. The molecule has 2 N–H and O–H groups in total. The molecule has 0 aliphatic rings. The first-order valence-electron chi connectivity index (χ1n) is 11.6. The summed E-state index contributed by atoms with van der Waals surface area (Å²) in [6.07, 6.45) is 0.956. The number of halogens is 1. The molecule has 0 saturated heterocycles. The number of benzene rings is 3. The van der Waals surface area contributed by atoms with Crippen molar-refractivity contribution in [1.29, 1.82) is 0 Å². The number of aliphatic hydroxyl groups is 1. The monoisotopic (exact) mass is 494 g/mol. The zero-order chi connectivity index (χ0) is 25.0. The molecule has 35 heavy (non-hydrogen) atoms. The van der Waals surface area contributed by atoms with E-state index < -0.39 is 6.04 Å². The molecule has 0 spiro atoms. The first-order chi connectivity index (χ1) is 17.0. The van der Waals surface area contributed by atoms with Crippen molar-refractivity contribution in [2.75, 3.05) is 20.3 Å². The van der Waals surface area contributed by atoms with Crippen molar-refractivity contribution in [2.24, 2.45) is 0 Å². The lowest BCUT2D eigenvalue weighted by Gasteiger charge is -2.31. The van der Waals surface area contributed by atoms with Gasteiger partial charge in [0.05, 0.1) is 13.5 Å². The van der Waals surface area contributed by atoms with E-state index in [-0.39, 0.29) is 31.4 Å². The Morgan fingerprint density at radius 1 is 0.943 bits per heavy atom. The van der Waals surface area contributed by atoms with Gasteiger partial charge in [0.25, 0.3) is 0 Å². The minimum atomic E-state index is -0.724. The van der Waals surface area contributed by atoms with E-state index >= 15 is 0 Å². The Labute approximate surface area is 211 Å². The molecule has 0 aromatic heterocycles. The fourth-order valence-corrected chi connectivity index (χ4v) is 3.89. The molecule has 0 aliphatic carbocycles. The SMILES string of the molecule is COc1ccc(CN(C(=O)Cc2ccc(Cl)cc2)C(Cc2ccccc2)C(=O)NCCCO)cc1. The second-order valence-corrected chi connectivity index (χ2v) is 8.68. The summed E-state index contributed by atoms with van der Waals surface area (Å²) < 4.78 is 5.25. The van der Waals surface area contributed by atoms with E-state index in [2.05, 4.69) is 5.32 Å². The number of ether oxygens (including phenoxy) is 1. The lowest BCUT2D eigenvalue weighted by molar-refractivity contribution is -0.140. The number of methoxy groups -OCH3 is 1. The van der Waals surface area contributed by atoms with Crippen molar-refractivity contribution < 1.29 is 19.4 Å². The van der Waals surface area contributed by atoms with E-state index in [9.17, 15) is 9.59 Å². The number of nitrogens with zero attached hydrogens (tertiary/aromatic N) is 1. The van der Waals surface area contributed by atoms with Crippen LogP contribution >= 0.6 is 11.6 Å². The van der Waals surface area contributed by atoms with Crippen LogP contribution in [0, 0.1) is 0 Å². The van der Waals surface area contributed by atoms with Crippen LogP contribution in [0.3, 0.4) is 0 Å². The predicted molar refractivity (Wildman–Crippen MR) is 137 cm³/mol. The summed E-state index contributed by atoms with van der Waals surface area (Å²) in [5.74, 6) is 0.303. The number of aliphatic hydroxyl groups excluding tert-OH is 1. The Hall–Kier alpha value is -3.35. The summed E-state index contributed by atoms with van der Waals surface area (Å²) >= 11 is 6.01. The van der Waals surface area contributed by atoms with E-state index in [1.54, 1.807) is 24.1 Å². The molecule has 6 nitrogen and oxygen atoms in total. The van der Waals surface area contributed by atoms with Crippen LogP contribution in [-0.2, 0) is 29.0 Å². The van der Waals surface area contributed by atoms with Crippen LogP contribution in [0.25, 0.3) is 0 Å². The second kappa shape index (κ2) is 13.5. The highest BCUT2D eigenvalue weighted by Gasteiger charge is 2.30. The topological polar surface area (TPSA) is 78.9 Å². The Morgan fingerprint density at radius 2 is 1.60 bits per heavy atom.